The Morgan fingerprint density at radius 3 is 2.64 bits per heavy atom. The SMILES string of the molecule is C=N/C(=C(/C)C=NC(=N)/C=C(/C)NC)c1c[nH]c2c(N3Cc4c(O)cccc4C3=O)cccc12.CN. The fourth-order valence-electron chi connectivity index (χ4n) is 4.03. The average molecular weight is 486 g/mol. The van der Waals surface area contributed by atoms with Crippen LogP contribution in [-0.2, 0) is 6.54 Å². The number of benzene rings is 2. The Morgan fingerprint density at radius 1 is 1.25 bits per heavy atom. The predicted octanol–water partition coefficient (Wildman–Crippen LogP) is 4.21. The van der Waals surface area contributed by atoms with Crippen molar-refractivity contribution in [3.63, 3.8) is 0 Å². The van der Waals surface area contributed by atoms with Crippen molar-refractivity contribution in [3.8, 4) is 5.75 Å². The van der Waals surface area contributed by atoms with E-state index in [2.05, 4.69) is 32.7 Å². The van der Waals surface area contributed by atoms with Gasteiger partial charge in [-0.15, -0.1) is 0 Å². The largest absolute Gasteiger partial charge is 0.508 e. The van der Waals surface area contributed by atoms with Crippen molar-refractivity contribution < 1.29 is 9.90 Å². The number of carbonyl (C=O) groups excluding carboxylic acids is 1. The number of nitrogens with one attached hydrogen (secondary N) is 3. The Hall–Kier alpha value is -4.50. The van der Waals surface area contributed by atoms with E-state index in [0.717, 1.165) is 27.7 Å². The van der Waals surface area contributed by atoms with Crippen LogP contribution in [0.4, 0.5) is 5.69 Å². The van der Waals surface area contributed by atoms with Crippen LogP contribution < -0.4 is 16.0 Å². The molecule has 0 aliphatic carbocycles. The van der Waals surface area contributed by atoms with Gasteiger partial charge in [-0.25, -0.2) is 4.99 Å². The molecule has 4 rings (SSSR count). The number of aromatic nitrogens is 1. The first-order valence-corrected chi connectivity index (χ1v) is 11.3. The van der Waals surface area contributed by atoms with E-state index in [1.807, 2.05) is 38.2 Å². The van der Waals surface area contributed by atoms with E-state index in [-0.39, 0.29) is 17.5 Å². The van der Waals surface area contributed by atoms with Crippen LogP contribution in [0.1, 0.15) is 35.3 Å². The zero-order valence-electron chi connectivity index (χ0n) is 20.9. The number of hydrogen-bond donors (Lipinski definition) is 5. The van der Waals surface area contributed by atoms with E-state index in [1.54, 1.807) is 42.4 Å². The number of amidine groups is 1. The van der Waals surface area contributed by atoms with Gasteiger partial charge < -0.3 is 26.0 Å². The van der Waals surface area contributed by atoms with Crippen molar-refractivity contribution in [3.05, 3.63) is 76.6 Å². The number of hydrogen-bond acceptors (Lipinski definition) is 6. The highest BCUT2D eigenvalue weighted by atomic mass is 16.3. The fourth-order valence-corrected chi connectivity index (χ4v) is 4.03. The van der Waals surface area contributed by atoms with E-state index >= 15 is 0 Å². The molecule has 1 aliphatic heterocycles. The summed E-state index contributed by atoms with van der Waals surface area (Å²) in [5.74, 6) is 0.0825. The lowest BCUT2D eigenvalue weighted by molar-refractivity contribution is 0.0996. The van der Waals surface area contributed by atoms with Crippen LogP contribution >= 0.6 is 0 Å². The molecule has 3 aromatic rings. The Morgan fingerprint density at radius 2 is 1.97 bits per heavy atom. The molecular formula is C27H31N7O2. The number of H-pyrrole nitrogens is 1. The van der Waals surface area contributed by atoms with E-state index in [0.29, 0.717) is 29.1 Å². The summed E-state index contributed by atoms with van der Waals surface area (Å²) in [5, 5.41) is 22.0. The summed E-state index contributed by atoms with van der Waals surface area (Å²) in [6, 6.07) is 10.7. The summed E-state index contributed by atoms with van der Waals surface area (Å²) < 4.78 is 0. The van der Waals surface area contributed by atoms with Gasteiger partial charge in [-0.1, -0.05) is 18.2 Å². The first kappa shape index (κ1) is 26.1. The number of aromatic amines is 1. The van der Waals surface area contributed by atoms with Crippen molar-refractivity contribution in [2.75, 3.05) is 19.0 Å². The lowest BCUT2D eigenvalue weighted by Crippen LogP contribution is -2.23. The monoisotopic (exact) mass is 485 g/mol. The average Bonchev–Trinajstić information content (AvgIpc) is 3.47. The van der Waals surface area contributed by atoms with Crippen LogP contribution in [0.25, 0.3) is 16.6 Å². The van der Waals surface area contributed by atoms with Crippen molar-refractivity contribution in [2.24, 2.45) is 15.7 Å². The second-order valence-electron chi connectivity index (χ2n) is 8.01. The number of nitrogens with two attached hydrogens (primary N) is 1. The van der Waals surface area contributed by atoms with Gasteiger partial charge in [0.05, 0.1) is 23.4 Å². The number of para-hydroxylation sites is 1. The fraction of sp³-hybridized carbons (Fsp3) is 0.185. The number of aliphatic imine (C=N–C) groups is 2. The zero-order chi connectivity index (χ0) is 26.4. The molecule has 9 heteroatoms. The van der Waals surface area contributed by atoms with Crippen LogP contribution in [0.15, 0.2) is 69.9 Å². The molecule has 0 fully saturated rings. The maximum Gasteiger partial charge on any atom is 0.259 e. The first-order chi connectivity index (χ1) is 17.3. The molecule has 0 atom stereocenters. The highest BCUT2D eigenvalue weighted by molar-refractivity contribution is 6.15. The lowest BCUT2D eigenvalue weighted by atomic mass is 10.1. The number of allylic oxidation sites excluding steroid dienone is 2. The van der Waals surface area contributed by atoms with Gasteiger partial charge in [-0.3, -0.25) is 15.2 Å². The van der Waals surface area contributed by atoms with Gasteiger partial charge in [-0.2, -0.15) is 0 Å². The molecule has 1 aliphatic rings. The van der Waals surface area contributed by atoms with Crippen molar-refractivity contribution in [1.82, 2.24) is 10.3 Å². The molecule has 2 aromatic carbocycles. The summed E-state index contributed by atoms with van der Waals surface area (Å²) in [6.07, 6.45) is 5.06. The van der Waals surface area contributed by atoms with Crippen LogP contribution in [0.2, 0.25) is 0 Å². The third-order valence-corrected chi connectivity index (χ3v) is 5.86. The van der Waals surface area contributed by atoms with Crippen LogP contribution in [0.5, 0.6) is 5.75 Å². The molecule has 1 amide bonds. The molecule has 0 radical (unpaired) electrons. The number of nitrogens with zero attached hydrogens (tertiary/aromatic N) is 3. The summed E-state index contributed by atoms with van der Waals surface area (Å²) in [7, 11) is 3.29. The normalized spacial score (nSPS) is 13.9. The second kappa shape index (κ2) is 11.3. The molecule has 6 N–H and O–H groups in total. The Bertz CT molecular complexity index is 1410. The third kappa shape index (κ3) is 4.96. The zero-order valence-corrected chi connectivity index (χ0v) is 20.9. The molecular weight excluding hydrogens is 454 g/mol. The van der Waals surface area contributed by atoms with Crippen LogP contribution in [0.3, 0.4) is 0 Å². The summed E-state index contributed by atoms with van der Waals surface area (Å²) in [5.41, 5.74) is 10.2. The number of anilines is 1. The minimum absolute atomic E-state index is 0.117. The topological polar surface area (TPSA) is 143 Å². The number of aromatic hydroxyl groups is 1. The van der Waals surface area contributed by atoms with Gasteiger partial charge in [0.1, 0.15) is 11.6 Å². The van der Waals surface area contributed by atoms with Crippen molar-refractivity contribution in [2.45, 2.75) is 20.4 Å². The molecule has 0 spiro atoms. The van der Waals surface area contributed by atoms with Crippen LogP contribution in [-0.4, -0.2) is 48.9 Å². The van der Waals surface area contributed by atoms with E-state index in [9.17, 15) is 9.90 Å². The van der Waals surface area contributed by atoms with Crippen molar-refractivity contribution >= 4 is 47.0 Å². The maximum atomic E-state index is 13.1. The standard InChI is InChI=1S/C26H26N6O2.CH5N/c1-15(12-30-23(27)11-16(2)28-3)24(29-4)19-13-31-25-17(19)7-5-9-21(25)32-14-20-18(26(32)34)8-6-10-22(20)33;1-2/h5-13,27-28,31,33H,4,14H2,1-3H3;2H2,1H3/b16-11-,24-15-,27-23?,30-12?;. The number of fused-ring (bicyclic) bond motifs is 2. The number of phenolic OH excluding ortho intramolecular Hbond substituents is 1. The van der Waals surface area contributed by atoms with Gasteiger partial charge in [-0.05, 0) is 51.4 Å². The summed E-state index contributed by atoms with van der Waals surface area (Å²) in [4.78, 5) is 26.4. The molecule has 186 valence electrons. The van der Waals surface area contributed by atoms with Gasteiger partial charge in [0.25, 0.3) is 5.91 Å². The number of phenols is 1. The summed E-state index contributed by atoms with van der Waals surface area (Å²) >= 11 is 0. The third-order valence-electron chi connectivity index (χ3n) is 5.86. The van der Waals surface area contributed by atoms with E-state index < -0.39 is 0 Å². The predicted molar refractivity (Wildman–Crippen MR) is 148 cm³/mol. The molecule has 0 unspecified atom stereocenters. The Kier molecular flexibility index (Phi) is 8.18. The molecule has 0 saturated carbocycles. The number of carbonyl (C=O) groups is 1. The second-order valence-corrected chi connectivity index (χ2v) is 8.01. The molecule has 0 saturated heterocycles. The van der Waals surface area contributed by atoms with Gasteiger partial charge in [0, 0.05) is 53.3 Å². The Balaban J connectivity index is 0.00000176. The molecule has 2 heterocycles. The lowest BCUT2D eigenvalue weighted by Gasteiger charge is -2.17. The minimum Gasteiger partial charge on any atom is -0.508 e. The smallest absolute Gasteiger partial charge is 0.259 e. The molecule has 0 bridgehead atoms. The highest BCUT2D eigenvalue weighted by Gasteiger charge is 2.31. The maximum absolute atomic E-state index is 13.1. The first-order valence-electron chi connectivity index (χ1n) is 11.3. The molecule has 36 heavy (non-hydrogen) atoms. The van der Waals surface area contributed by atoms with E-state index in [4.69, 9.17) is 5.41 Å². The molecule has 1 aromatic heterocycles. The van der Waals surface area contributed by atoms with Crippen molar-refractivity contribution in [1.29, 1.82) is 5.41 Å². The van der Waals surface area contributed by atoms with Crippen LogP contribution in [0, 0.1) is 5.41 Å². The number of amides is 1. The quantitative estimate of drug-likeness (QED) is 0.263. The van der Waals surface area contributed by atoms with Gasteiger partial charge in [0.2, 0.25) is 0 Å². The van der Waals surface area contributed by atoms with E-state index in [1.165, 1.54) is 7.05 Å². The van der Waals surface area contributed by atoms with Gasteiger partial charge >= 0.3 is 0 Å². The highest BCUT2D eigenvalue weighted by Crippen LogP contribution is 2.38. The van der Waals surface area contributed by atoms with Gasteiger partial charge in [0.15, 0.2) is 0 Å². The number of rotatable bonds is 6. The Labute approximate surface area is 210 Å². The minimum atomic E-state index is -0.154. The summed E-state index contributed by atoms with van der Waals surface area (Å²) in [6.45, 7) is 7.75. The molecule has 9 nitrogen and oxygen atoms in total.